The van der Waals surface area contributed by atoms with Crippen LogP contribution in [0.25, 0.3) is 0 Å². The van der Waals surface area contributed by atoms with Crippen LogP contribution in [0.2, 0.25) is 0 Å². The third kappa shape index (κ3) is 7.22. The number of unbranched alkanes of at least 4 members (excludes halogenated alkanes) is 13. The molecular formula is C25H41NO2. The smallest absolute Gasteiger partial charge is 0.237 e. The fraction of sp³-hybridized carbons (Fsp3) is 0.760. The van der Waals surface area contributed by atoms with Crippen LogP contribution in [-0.2, 0) is 9.59 Å². The molecule has 0 radical (unpaired) electrons. The molecule has 1 heterocycles. The number of piperidine rings is 1. The second-order valence-corrected chi connectivity index (χ2v) is 8.82. The molecule has 158 valence electrons. The number of carbonyl (C=O) groups is 2. The van der Waals surface area contributed by atoms with Crippen molar-refractivity contribution in [2.75, 3.05) is 0 Å². The summed E-state index contributed by atoms with van der Waals surface area (Å²) in [5, 5.41) is 2.56. The summed E-state index contributed by atoms with van der Waals surface area (Å²) >= 11 is 0. The van der Waals surface area contributed by atoms with E-state index in [-0.39, 0.29) is 17.7 Å². The molecule has 3 heteroatoms. The summed E-state index contributed by atoms with van der Waals surface area (Å²) < 4.78 is 0. The Balaban J connectivity index is 1.49. The lowest BCUT2D eigenvalue weighted by Gasteiger charge is -2.40. The molecule has 3 nitrogen and oxygen atoms in total. The summed E-state index contributed by atoms with van der Waals surface area (Å²) in [6.07, 6.45) is 28.1. The second-order valence-electron chi connectivity index (χ2n) is 8.82. The summed E-state index contributed by atoms with van der Waals surface area (Å²) in [6.45, 7) is 2.27. The first-order valence-corrected chi connectivity index (χ1v) is 11.9. The number of hydrogen-bond acceptors (Lipinski definition) is 2. The molecule has 1 saturated heterocycles. The first-order chi connectivity index (χ1) is 13.7. The molecule has 0 aromatic carbocycles. The van der Waals surface area contributed by atoms with Crippen LogP contribution in [0.4, 0.5) is 0 Å². The summed E-state index contributed by atoms with van der Waals surface area (Å²) in [5.41, 5.74) is -0.486. The van der Waals surface area contributed by atoms with E-state index in [1.165, 1.54) is 83.5 Å². The predicted molar refractivity (Wildman–Crippen MR) is 117 cm³/mol. The number of hydrogen-bond donors (Lipinski definition) is 1. The van der Waals surface area contributed by atoms with Gasteiger partial charge in [0.1, 0.15) is 0 Å². The van der Waals surface area contributed by atoms with Gasteiger partial charge in [-0.3, -0.25) is 14.9 Å². The standard InChI is InChI=1S/C25H41NO2/c1-2-3-4-5-6-7-8-9-10-11-12-13-14-16-19-25-20-17-15-18-22(25)21-23(27)26-24(25)28/h15,17-18,20,22H,2-14,16,19,21H2,1H3,(H,26,27,28). The Hall–Kier alpha value is -1.38. The maximum atomic E-state index is 12.5. The fourth-order valence-corrected chi connectivity index (χ4v) is 4.70. The van der Waals surface area contributed by atoms with Crippen LogP contribution in [0, 0.1) is 11.3 Å². The number of rotatable bonds is 15. The van der Waals surface area contributed by atoms with Gasteiger partial charge in [0.2, 0.25) is 11.8 Å². The zero-order valence-electron chi connectivity index (χ0n) is 18.0. The summed E-state index contributed by atoms with van der Waals surface area (Å²) in [4.78, 5) is 24.2. The highest BCUT2D eigenvalue weighted by molar-refractivity contribution is 6.02. The van der Waals surface area contributed by atoms with Crippen LogP contribution in [0.5, 0.6) is 0 Å². The van der Waals surface area contributed by atoms with Gasteiger partial charge in [0.15, 0.2) is 0 Å². The number of carbonyl (C=O) groups excluding carboxylic acids is 2. The molecule has 0 aromatic rings. The molecule has 1 fully saturated rings. The van der Waals surface area contributed by atoms with Crippen molar-refractivity contribution in [3.05, 3.63) is 24.3 Å². The number of imide groups is 1. The molecule has 28 heavy (non-hydrogen) atoms. The number of nitrogens with one attached hydrogen (secondary N) is 1. The average Bonchev–Trinajstić information content (AvgIpc) is 2.69. The topological polar surface area (TPSA) is 46.2 Å². The Labute approximate surface area is 172 Å². The predicted octanol–water partition coefficient (Wildman–Crippen LogP) is 6.63. The van der Waals surface area contributed by atoms with Gasteiger partial charge in [-0.05, 0) is 6.42 Å². The van der Waals surface area contributed by atoms with Crippen molar-refractivity contribution in [3.63, 3.8) is 0 Å². The van der Waals surface area contributed by atoms with E-state index in [0.717, 1.165) is 12.8 Å². The average molecular weight is 388 g/mol. The van der Waals surface area contributed by atoms with E-state index in [9.17, 15) is 9.59 Å². The van der Waals surface area contributed by atoms with Gasteiger partial charge in [0.05, 0.1) is 5.41 Å². The summed E-state index contributed by atoms with van der Waals surface area (Å²) in [5.74, 6) is -0.184. The zero-order chi connectivity index (χ0) is 20.1. The molecule has 0 spiro atoms. The van der Waals surface area contributed by atoms with E-state index >= 15 is 0 Å². The van der Waals surface area contributed by atoms with Gasteiger partial charge in [-0.25, -0.2) is 0 Å². The van der Waals surface area contributed by atoms with Crippen molar-refractivity contribution in [1.29, 1.82) is 0 Å². The fourth-order valence-electron chi connectivity index (χ4n) is 4.70. The SMILES string of the molecule is CCCCCCCCCCCCCCCCC12C=CC=CC1CC(=O)NC2=O. The van der Waals surface area contributed by atoms with E-state index in [2.05, 4.69) is 12.2 Å². The number of allylic oxidation sites excluding steroid dienone is 3. The van der Waals surface area contributed by atoms with Gasteiger partial charge in [-0.2, -0.15) is 0 Å². The van der Waals surface area contributed by atoms with Crippen molar-refractivity contribution in [2.45, 2.75) is 110 Å². The van der Waals surface area contributed by atoms with Gasteiger partial charge in [0.25, 0.3) is 0 Å². The first kappa shape index (κ1) is 22.9. The maximum absolute atomic E-state index is 12.5. The molecule has 1 aliphatic heterocycles. The first-order valence-electron chi connectivity index (χ1n) is 11.9. The third-order valence-corrected chi connectivity index (χ3v) is 6.53. The Morgan fingerprint density at radius 1 is 0.821 bits per heavy atom. The van der Waals surface area contributed by atoms with E-state index < -0.39 is 5.41 Å². The second kappa shape index (κ2) is 13.0. The molecule has 2 atom stereocenters. The quantitative estimate of drug-likeness (QED) is 0.253. The highest BCUT2D eigenvalue weighted by atomic mass is 16.2. The van der Waals surface area contributed by atoms with Crippen molar-refractivity contribution >= 4 is 11.8 Å². The van der Waals surface area contributed by atoms with Gasteiger partial charge in [-0.1, -0.05) is 121 Å². The molecule has 1 aliphatic carbocycles. The lowest BCUT2D eigenvalue weighted by Crippen LogP contribution is -2.53. The maximum Gasteiger partial charge on any atom is 0.237 e. The van der Waals surface area contributed by atoms with Crippen LogP contribution in [-0.4, -0.2) is 11.8 Å². The number of amides is 2. The Morgan fingerprint density at radius 3 is 1.93 bits per heavy atom. The lowest BCUT2D eigenvalue weighted by molar-refractivity contribution is -0.142. The lowest BCUT2D eigenvalue weighted by atomic mass is 9.66. The molecule has 2 aliphatic rings. The van der Waals surface area contributed by atoms with E-state index in [1.807, 2.05) is 24.3 Å². The van der Waals surface area contributed by atoms with Gasteiger partial charge < -0.3 is 0 Å². The van der Waals surface area contributed by atoms with Crippen LogP contribution in [0.3, 0.4) is 0 Å². The Kier molecular flexibility index (Phi) is 10.6. The molecule has 2 rings (SSSR count). The molecule has 0 saturated carbocycles. The van der Waals surface area contributed by atoms with Crippen LogP contribution in [0.1, 0.15) is 110 Å². The molecular weight excluding hydrogens is 346 g/mol. The number of fused-ring (bicyclic) bond motifs is 1. The zero-order valence-corrected chi connectivity index (χ0v) is 18.0. The largest absolute Gasteiger partial charge is 0.296 e. The summed E-state index contributed by atoms with van der Waals surface area (Å²) in [7, 11) is 0. The third-order valence-electron chi connectivity index (χ3n) is 6.53. The van der Waals surface area contributed by atoms with E-state index in [4.69, 9.17) is 0 Å². The molecule has 0 bridgehead atoms. The van der Waals surface area contributed by atoms with Crippen LogP contribution >= 0.6 is 0 Å². The van der Waals surface area contributed by atoms with E-state index in [0.29, 0.717) is 6.42 Å². The van der Waals surface area contributed by atoms with Crippen LogP contribution < -0.4 is 5.32 Å². The highest BCUT2D eigenvalue weighted by Crippen LogP contribution is 2.43. The van der Waals surface area contributed by atoms with Crippen molar-refractivity contribution in [2.24, 2.45) is 11.3 Å². The van der Waals surface area contributed by atoms with Crippen molar-refractivity contribution in [1.82, 2.24) is 5.32 Å². The minimum atomic E-state index is -0.486. The molecule has 1 N–H and O–H groups in total. The molecule has 0 aromatic heterocycles. The van der Waals surface area contributed by atoms with E-state index in [1.54, 1.807) is 0 Å². The van der Waals surface area contributed by atoms with Gasteiger partial charge in [-0.15, -0.1) is 0 Å². The van der Waals surface area contributed by atoms with Gasteiger partial charge in [0, 0.05) is 12.3 Å². The van der Waals surface area contributed by atoms with Gasteiger partial charge >= 0.3 is 0 Å². The van der Waals surface area contributed by atoms with Crippen molar-refractivity contribution < 1.29 is 9.59 Å². The minimum absolute atomic E-state index is 0.0423. The normalized spacial score (nSPS) is 23.7. The highest BCUT2D eigenvalue weighted by Gasteiger charge is 2.47. The molecule has 2 amide bonds. The Bertz CT molecular complexity index is 537. The summed E-state index contributed by atoms with van der Waals surface area (Å²) in [6, 6.07) is 0. The monoisotopic (exact) mass is 387 g/mol. The minimum Gasteiger partial charge on any atom is -0.296 e. The van der Waals surface area contributed by atoms with Crippen molar-refractivity contribution in [3.8, 4) is 0 Å². The Morgan fingerprint density at radius 2 is 1.36 bits per heavy atom. The van der Waals surface area contributed by atoms with Crippen LogP contribution in [0.15, 0.2) is 24.3 Å². The molecule has 2 unspecified atom stereocenters.